The zero-order chi connectivity index (χ0) is 11.0. The fraction of sp³-hybridized carbons (Fsp3) is 0.727. The van der Waals surface area contributed by atoms with Gasteiger partial charge in [-0.05, 0) is 39.5 Å². The van der Waals surface area contributed by atoms with Gasteiger partial charge in [-0.25, -0.2) is 4.98 Å². The van der Waals surface area contributed by atoms with Gasteiger partial charge in [0.25, 0.3) is 0 Å². The highest BCUT2D eigenvalue weighted by molar-refractivity contribution is 5.59. The van der Waals surface area contributed by atoms with Gasteiger partial charge in [0.1, 0.15) is 11.6 Å². The van der Waals surface area contributed by atoms with E-state index >= 15 is 0 Å². The molecule has 15 heavy (non-hydrogen) atoms. The van der Waals surface area contributed by atoms with Gasteiger partial charge in [-0.1, -0.05) is 0 Å². The second-order valence-corrected chi connectivity index (χ2v) is 4.75. The van der Waals surface area contributed by atoms with E-state index in [1.807, 2.05) is 6.92 Å². The Labute approximate surface area is 90.9 Å². The summed E-state index contributed by atoms with van der Waals surface area (Å²) in [6.45, 7) is 7.40. The van der Waals surface area contributed by atoms with Gasteiger partial charge >= 0.3 is 0 Å². The first-order valence-corrected chi connectivity index (χ1v) is 5.66. The van der Waals surface area contributed by atoms with Gasteiger partial charge in [0.2, 0.25) is 0 Å². The van der Waals surface area contributed by atoms with E-state index in [9.17, 15) is 0 Å². The van der Waals surface area contributed by atoms with Gasteiger partial charge in [-0.15, -0.1) is 0 Å². The van der Waals surface area contributed by atoms with Gasteiger partial charge in [0, 0.05) is 12.6 Å². The number of nitrogens with zero attached hydrogens (tertiary/aromatic N) is 2. The maximum absolute atomic E-state index is 5.92. The second-order valence-electron chi connectivity index (χ2n) is 4.75. The number of aromatic amines is 1. The van der Waals surface area contributed by atoms with Crippen LogP contribution in [0.4, 0.5) is 11.6 Å². The van der Waals surface area contributed by atoms with Gasteiger partial charge in [0.05, 0.1) is 0 Å². The van der Waals surface area contributed by atoms with E-state index in [1.54, 1.807) is 0 Å². The van der Waals surface area contributed by atoms with Gasteiger partial charge in [0.15, 0.2) is 5.82 Å². The van der Waals surface area contributed by atoms with Crippen LogP contribution >= 0.6 is 0 Å². The fourth-order valence-corrected chi connectivity index (χ4v) is 1.84. The van der Waals surface area contributed by atoms with Crippen molar-refractivity contribution in [2.24, 2.45) is 5.92 Å². The predicted molar refractivity (Wildman–Crippen MR) is 62.9 cm³/mol. The molecule has 1 saturated carbocycles. The van der Waals surface area contributed by atoms with E-state index in [0.717, 1.165) is 24.1 Å². The van der Waals surface area contributed by atoms with Crippen molar-refractivity contribution in [2.45, 2.75) is 39.7 Å². The maximum atomic E-state index is 5.92. The molecule has 0 atom stereocenters. The minimum atomic E-state index is 0.454. The highest BCUT2D eigenvalue weighted by Crippen LogP contribution is 2.33. The third-order valence-electron chi connectivity index (χ3n) is 2.88. The molecule has 0 unspecified atom stereocenters. The van der Waals surface area contributed by atoms with Crippen molar-refractivity contribution in [3.63, 3.8) is 0 Å². The SMILES string of the molecule is Cc1nc(N(CC2CC2)C(C)C)c(N)[nH]1. The van der Waals surface area contributed by atoms with E-state index in [-0.39, 0.29) is 0 Å². The first-order valence-electron chi connectivity index (χ1n) is 5.66. The van der Waals surface area contributed by atoms with E-state index in [0.29, 0.717) is 11.9 Å². The van der Waals surface area contributed by atoms with Crippen molar-refractivity contribution in [3.8, 4) is 0 Å². The minimum absolute atomic E-state index is 0.454. The third-order valence-corrected chi connectivity index (χ3v) is 2.88. The van der Waals surface area contributed by atoms with Crippen molar-refractivity contribution in [1.82, 2.24) is 9.97 Å². The number of nitrogen functional groups attached to an aromatic ring is 1. The number of hydrogen-bond acceptors (Lipinski definition) is 3. The first kappa shape index (κ1) is 10.3. The molecule has 4 heteroatoms. The van der Waals surface area contributed by atoms with Crippen molar-refractivity contribution in [1.29, 1.82) is 0 Å². The fourth-order valence-electron chi connectivity index (χ4n) is 1.84. The van der Waals surface area contributed by atoms with E-state index in [4.69, 9.17) is 5.73 Å². The molecule has 1 aromatic heterocycles. The Hall–Kier alpha value is -1.19. The number of aromatic nitrogens is 2. The summed E-state index contributed by atoms with van der Waals surface area (Å²) in [5.41, 5.74) is 5.92. The lowest BCUT2D eigenvalue weighted by molar-refractivity contribution is 0.638. The maximum Gasteiger partial charge on any atom is 0.171 e. The van der Waals surface area contributed by atoms with Crippen LogP contribution in [0.25, 0.3) is 0 Å². The van der Waals surface area contributed by atoms with E-state index in [1.165, 1.54) is 12.8 Å². The molecule has 1 aliphatic rings. The standard InChI is InChI=1S/C11H20N4/c1-7(2)15(6-9-4-5-9)11-10(12)13-8(3)14-11/h7,9H,4-6,12H2,1-3H3,(H,13,14). The summed E-state index contributed by atoms with van der Waals surface area (Å²) in [7, 11) is 0. The molecule has 1 aliphatic carbocycles. The summed E-state index contributed by atoms with van der Waals surface area (Å²) in [6, 6.07) is 0.454. The molecular formula is C11H20N4. The Morgan fingerprint density at radius 2 is 2.20 bits per heavy atom. The van der Waals surface area contributed by atoms with Crippen LogP contribution in [0.2, 0.25) is 0 Å². The molecule has 1 aromatic rings. The summed E-state index contributed by atoms with van der Waals surface area (Å²) in [4.78, 5) is 9.82. The Kier molecular flexibility index (Phi) is 2.59. The molecule has 1 heterocycles. The molecule has 0 spiro atoms. The van der Waals surface area contributed by atoms with E-state index < -0.39 is 0 Å². The molecule has 2 rings (SSSR count). The lowest BCUT2D eigenvalue weighted by atomic mass is 10.2. The van der Waals surface area contributed by atoms with Crippen LogP contribution in [0.5, 0.6) is 0 Å². The molecule has 1 fully saturated rings. The Bertz CT molecular complexity index is 338. The lowest BCUT2D eigenvalue weighted by Gasteiger charge is -2.27. The highest BCUT2D eigenvalue weighted by atomic mass is 15.3. The molecule has 0 amide bonds. The number of rotatable bonds is 4. The molecule has 84 valence electrons. The van der Waals surface area contributed by atoms with Crippen molar-refractivity contribution in [2.75, 3.05) is 17.2 Å². The minimum Gasteiger partial charge on any atom is -0.382 e. The highest BCUT2D eigenvalue weighted by Gasteiger charge is 2.27. The Morgan fingerprint density at radius 1 is 1.53 bits per heavy atom. The van der Waals surface area contributed by atoms with Gasteiger partial charge < -0.3 is 15.6 Å². The van der Waals surface area contributed by atoms with Crippen LogP contribution in [0.3, 0.4) is 0 Å². The average molecular weight is 208 g/mol. The van der Waals surface area contributed by atoms with Crippen LogP contribution in [-0.4, -0.2) is 22.6 Å². The van der Waals surface area contributed by atoms with E-state index in [2.05, 4.69) is 28.7 Å². The van der Waals surface area contributed by atoms with Crippen LogP contribution in [0.1, 0.15) is 32.5 Å². The number of aryl methyl sites for hydroxylation is 1. The zero-order valence-corrected chi connectivity index (χ0v) is 9.75. The van der Waals surface area contributed by atoms with Crippen LogP contribution in [0.15, 0.2) is 0 Å². The number of anilines is 2. The zero-order valence-electron chi connectivity index (χ0n) is 9.75. The second kappa shape index (κ2) is 3.76. The monoisotopic (exact) mass is 208 g/mol. The molecule has 4 nitrogen and oxygen atoms in total. The molecule has 0 aromatic carbocycles. The molecule has 0 saturated heterocycles. The Balaban J connectivity index is 2.18. The third kappa shape index (κ3) is 2.25. The molecule has 0 aliphatic heterocycles. The summed E-state index contributed by atoms with van der Waals surface area (Å²) in [6.07, 6.45) is 2.71. The van der Waals surface area contributed by atoms with Crippen molar-refractivity contribution in [3.05, 3.63) is 5.82 Å². The topological polar surface area (TPSA) is 57.9 Å². The number of nitrogens with one attached hydrogen (secondary N) is 1. The lowest BCUT2D eigenvalue weighted by Crippen LogP contribution is -2.33. The van der Waals surface area contributed by atoms with Crippen LogP contribution in [0, 0.1) is 12.8 Å². The largest absolute Gasteiger partial charge is 0.382 e. The molecule has 0 radical (unpaired) electrons. The van der Waals surface area contributed by atoms with Crippen LogP contribution in [-0.2, 0) is 0 Å². The van der Waals surface area contributed by atoms with Gasteiger partial charge in [-0.2, -0.15) is 0 Å². The van der Waals surface area contributed by atoms with Gasteiger partial charge in [-0.3, -0.25) is 0 Å². The first-order chi connectivity index (χ1) is 7.08. The molecule has 0 bridgehead atoms. The normalized spacial score (nSPS) is 16.0. The summed E-state index contributed by atoms with van der Waals surface area (Å²) >= 11 is 0. The summed E-state index contributed by atoms with van der Waals surface area (Å²) < 4.78 is 0. The average Bonchev–Trinajstić information content (AvgIpc) is 2.88. The Morgan fingerprint density at radius 3 is 2.60 bits per heavy atom. The summed E-state index contributed by atoms with van der Waals surface area (Å²) in [5, 5.41) is 0. The number of nitrogens with two attached hydrogens (primary N) is 1. The van der Waals surface area contributed by atoms with Crippen molar-refractivity contribution < 1.29 is 0 Å². The molecule has 3 N–H and O–H groups in total. The van der Waals surface area contributed by atoms with Crippen LogP contribution < -0.4 is 10.6 Å². The number of imidazole rings is 1. The van der Waals surface area contributed by atoms with Crippen molar-refractivity contribution >= 4 is 11.6 Å². The smallest absolute Gasteiger partial charge is 0.171 e. The molecular weight excluding hydrogens is 188 g/mol. The quantitative estimate of drug-likeness (QED) is 0.794. The summed E-state index contributed by atoms with van der Waals surface area (Å²) in [5.74, 6) is 3.36. The number of H-pyrrole nitrogens is 1. The predicted octanol–water partition coefficient (Wildman–Crippen LogP) is 1.93. The number of hydrogen-bond donors (Lipinski definition) is 2.